The second-order valence-electron chi connectivity index (χ2n) is 4.35. The molecule has 0 aliphatic heterocycles. The molecule has 0 saturated carbocycles. The Morgan fingerprint density at radius 2 is 2.06 bits per heavy atom. The average molecular weight is 282 g/mol. The number of hydrogen-bond donors (Lipinski definition) is 1. The highest BCUT2D eigenvalue weighted by atomic mass is 35.5. The van der Waals surface area contributed by atoms with Gasteiger partial charge in [-0.15, -0.1) is 0 Å². The molecule has 0 fully saturated rings. The van der Waals surface area contributed by atoms with Gasteiger partial charge >= 0.3 is 5.97 Å². The fourth-order valence-corrected chi connectivity index (χ4v) is 3.07. The number of nitrogens with zero attached hydrogens (tertiary/aromatic N) is 1. The van der Waals surface area contributed by atoms with E-state index in [1.807, 2.05) is 0 Å². The molecule has 1 aliphatic carbocycles. The van der Waals surface area contributed by atoms with Gasteiger partial charge in [0.25, 0.3) is 0 Å². The summed E-state index contributed by atoms with van der Waals surface area (Å²) < 4.78 is 0. The molecule has 92 valence electrons. The van der Waals surface area contributed by atoms with Crippen molar-refractivity contribution in [2.75, 3.05) is 0 Å². The second-order valence-corrected chi connectivity index (χ2v) is 5.20. The Morgan fingerprint density at radius 3 is 2.78 bits per heavy atom. The molecule has 3 nitrogen and oxygen atoms in total. The highest BCUT2D eigenvalue weighted by Crippen LogP contribution is 2.34. The van der Waals surface area contributed by atoms with Crippen molar-refractivity contribution < 1.29 is 9.90 Å². The van der Waals surface area contributed by atoms with Crippen LogP contribution in [-0.4, -0.2) is 16.1 Å². The second kappa shape index (κ2) is 4.11. The van der Waals surface area contributed by atoms with Crippen LogP contribution in [0.2, 0.25) is 10.0 Å². The van der Waals surface area contributed by atoms with Crippen molar-refractivity contribution in [3.05, 3.63) is 39.0 Å². The van der Waals surface area contributed by atoms with Crippen molar-refractivity contribution in [1.82, 2.24) is 4.98 Å². The molecule has 1 N–H and O–H groups in total. The smallest absolute Gasteiger partial charge is 0.336 e. The Morgan fingerprint density at radius 1 is 1.28 bits per heavy atom. The summed E-state index contributed by atoms with van der Waals surface area (Å²) >= 11 is 12.0. The third kappa shape index (κ3) is 1.66. The number of aryl methyl sites for hydroxylation is 1. The number of pyridine rings is 1. The summed E-state index contributed by atoms with van der Waals surface area (Å²) in [5.41, 5.74) is 2.51. The predicted molar refractivity (Wildman–Crippen MR) is 70.7 cm³/mol. The third-order valence-corrected chi connectivity index (χ3v) is 3.75. The van der Waals surface area contributed by atoms with Gasteiger partial charge in [0.15, 0.2) is 0 Å². The van der Waals surface area contributed by atoms with Gasteiger partial charge in [-0.05, 0) is 37.0 Å². The number of carboxylic acids is 1. The minimum absolute atomic E-state index is 0.303. The van der Waals surface area contributed by atoms with Crippen LogP contribution in [0.5, 0.6) is 0 Å². The number of carbonyl (C=O) groups is 1. The van der Waals surface area contributed by atoms with Crippen LogP contribution in [0.4, 0.5) is 0 Å². The number of carboxylic acid groups (broad SMARTS) is 1. The first-order valence-electron chi connectivity index (χ1n) is 5.61. The monoisotopic (exact) mass is 281 g/mol. The Balaban J connectivity index is 2.50. The van der Waals surface area contributed by atoms with Crippen LogP contribution in [-0.2, 0) is 12.8 Å². The number of benzene rings is 1. The molecule has 0 bridgehead atoms. The van der Waals surface area contributed by atoms with Crippen molar-refractivity contribution in [3.63, 3.8) is 0 Å². The summed E-state index contributed by atoms with van der Waals surface area (Å²) in [4.78, 5) is 16.0. The van der Waals surface area contributed by atoms with Gasteiger partial charge in [-0.3, -0.25) is 4.98 Å². The van der Waals surface area contributed by atoms with Gasteiger partial charge in [-0.2, -0.15) is 0 Å². The standard InChI is InChI=1S/C13H9Cl2NO2/c14-6-4-8-11(13(17)18)7-2-1-3-10(7)16-12(8)9(15)5-6/h4-5H,1-3H2,(H,17,18). The summed E-state index contributed by atoms with van der Waals surface area (Å²) in [6.45, 7) is 0. The van der Waals surface area contributed by atoms with Crippen LogP contribution in [0.25, 0.3) is 10.9 Å². The average Bonchev–Trinajstić information content (AvgIpc) is 2.73. The van der Waals surface area contributed by atoms with E-state index in [-0.39, 0.29) is 0 Å². The Hall–Kier alpha value is -1.32. The molecule has 18 heavy (non-hydrogen) atoms. The van der Waals surface area contributed by atoms with Crippen molar-refractivity contribution in [1.29, 1.82) is 0 Å². The topological polar surface area (TPSA) is 50.2 Å². The predicted octanol–water partition coefficient (Wildman–Crippen LogP) is 3.73. The zero-order valence-corrected chi connectivity index (χ0v) is 10.8. The number of fused-ring (bicyclic) bond motifs is 2. The van der Waals surface area contributed by atoms with E-state index in [0.29, 0.717) is 26.5 Å². The molecule has 3 rings (SSSR count). The molecule has 2 aromatic rings. The van der Waals surface area contributed by atoms with Gasteiger partial charge in [-0.1, -0.05) is 23.2 Å². The van der Waals surface area contributed by atoms with Gasteiger partial charge in [0.2, 0.25) is 0 Å². The van der Waals surface area contributed by atoms with Gasteiger partial charge < -0.3 is 5.11 Å². The van der Waals surface area contributed by atoms with Gasteiger partial charge in [0.1, 0.15) is 0 Å². The maximum absolute atomic E-state index is 11.5. The zero-order chi connectivity index (χ0) is 12.9. The summed E-state index contributed by atoms with van der Waals surface area (Å²) in [6.07, 6.45) is 2.50. The maximum Gasteiger partial charge on any atom is 0.336 e. The van der Waals surface area contributed by atoms with Gasteiger partial charge in [0.05, 0.1) is 16.1 Å². The van der Waals surface area contributed by atoms with E-state index in [2.05, 4.69) is 4.98 Å². The Bertz CT molecular complexity index is 682. The molecule has 0 radical (unpaired) electrons. The van der Waals surface area contributed by atoms with Crippen LogP contribution in [0, 0.1) is 0 Å². The number of hydrogen-bond acceptors (Lipinski definition) is 2. The summed E-state index contributed by atoms with van der Waals surface area (Å²) in [7, 11) is 0. The molecule has 1 aliphatic rings. The lowest BCUT2D eigenvalue weighted by atomic mass is 10.0. The summed E-state index contributed by atoms with van der Waals surface area (Å²) in [6, 6.07) is 3.21. The first-order valence-corrected chi connectivity index (χ1v) is 6.37. The highest BCUT2D eigenvalue weighted by molar-refractivity contribution is 6.38. The number of aromatic carboxylic acids is 1. The van der Waals surface area contributed by atoms with E-state index in [4.69, 9.17) is 23.2 Å². The lowest BCUT2D eigenvalue weighted by molar-refractivity contribution is 0.0698. The first kappa shape index (κ1) is 11.8. The lowest BCUT2D eigenvalue weighted by Gasteiger charge is -2.10. The van der Waals surface area contributed by atoms with Crippen LogP contribution in [0.15, 0.2) is 12.1 Å². The molecule has 1 aromatic carbocycles. The third-order valence-electron chi connectivity index (χ3n) is 3.25. The summed E-state index contributed by atoms with van der Waals surface area (Å²) in [5.74, 6) is -0.945. The molecule has 0 saturated heterocycles. The number of rotatable bonds is 1. The molecule has 0 spiro atoms. The van der Waals surface area contributed by atoms with Crippen LogP contribution in [0.3, 0.4) is 0 Å². The summed E-state index contributed by atoms with van der Waals surface area (Å²) in [5, 5.41) is 10.8. The molecule has 1 heterocycles. The lowest BCUT2D eigenvalue weighted by Crippen LogP contribution is -2.05. The molecule has 5 heteroatoms. The minimum Gasteiger partial charge on any atom is -0.478 e. The Kier molecular flexibility index (Phi) is 2.68. The van der Waals surface area contributed by atoms with E-state index in [0.717, 1.165) is 30.5 Å². The minimum atomic E-state index is -0.945. The van der Waals surface area contributed by atoms with Crippen molar-refractivity contribution in [2.45, 2.75) is 19.3 Å². The van der Waals surface area contributed by atoms with E-state index in [9.17, 15) is 9.90 Å². The van der Waals surface area contributed by atoms with Crippen molar-refractivity contribution in [3.8, 4) is 0 Å². The van der Waals surface area contributed by atoms with E-state index in [1.165, 1.54) is 0 Å². The van der Waals surface area contributed by atoms with Gasteiger partial charge in [0, 0.05) is 16.1 Å². The van der Waals surface area contributed by atoms with E-state index < -0.39 is 5.97 Å². The van der Waals surface area contributed by atoms with Gasteiger partial charge in [-0.25, -0.2) is 4.79 Å². The van der Waals surface area contributed by atoms with Crippen LogP contribution >= 0.6 is 23.2 Å². The quantitative estimate of drug-likeness (QED) is 0.867. The molecular formula is C13H9Cl2NO2. The van der Waals surface area contributed by atoms with Crippen LogP contribution < -0.4 is 0 Å². The van der Waals surface area contributed by atoms with Crippen LogP contribution in [0.1, 0.15) is 28.0 Å². The molecule has 1 aromatic heterocycles. The van der Waals surface area contributed by atoms with E-state index >= 15 is 0 Å². The highest BCUT2D eigenvalue weighted by Gasteiger charge is 2.24. The fourth-order valence-electron chi connectivity index (χ4n) is 2.53. The molecule has 0 unspecified atom stereocenters. The molecular weight excluding hydrogens is 273 g/mol. The largest absolute Gasteiger partial charge is 0.478 e. The fraction of sp³-hybridized carbons (Fsp3) is 0.231. The normalized spacial score (nSPS) is 13.9. The SMILES string of the molecule is O=C(O)c1c2c(nc3c(Cl)cc(Cl)cc13)CCC2. The van der Waals surface area contributed by atoms with Crippen molar-refractivity contribution >= 4 is 40.1 Å². The van der Waals surface area contributed by atoms with E-state index in [1.54, 1.807) is 12.1 Å². The zero-order valence-electron chi connectivity index (χ0n) is 9.33. The maximum atomic E-state index is 11.5. The van der Waals surface area contributed by atoms with Crippen molar-refractivity contribution in [2.24, 2.45) is 0 Å². The number of halogens is 2. The number of aromatic nitrogens is 1. The Labute approximate surface area is 113 Å². The first-order chi connectivity index (χ1) is 8.58. The molecule has 0 atom stereocenters. The molecule has 0 amide bonds.